The number of hydrogen-bond acceptors (Lipinski definition) is 4. The lowest BCUT2D eigenvalue weighted by Gasteiger charge is -2.42. The van der Waals surface area contributed by atoms with Crippen molar-refractivity contribution in [2.75, 3.05) is 0 Å². The molecule has 0 amide bonds. The van der Waals surface area contributed by atoms with Crippen LogP contribution in [0.2, 0.25) is 0 Å². The van der Waals surface area contributed by atoms with Crippen LogP contribution < -0.4 is 0 Å². The predicted molar refractivity (Wildman–Crippen MR) is 136 cm³/mol. The third-order valence-electron chi connectivity index (χ3n) is 5.49. The predicted octanol–water partition coefficient (Wildman–Crippen LogP) is 6.93. The van der Waals surface area contributed by atoms with Gasteiger partial charge >= 0.3 is 16.4 Å². The summed E-state index contributed by atoms with van der Waals surface area (Å²) < 4.78 is 117. The van der Waals surface area contributed by atoms with E-state index in [0.29, 0.717) is 0 Å². The van der Waals surface area contributed by atoms with Crippen LogP contribution in [0.5, 0.6) is 0 Å². The number of sulfonamides is 2. The first-order chi connectivity index (χ1) is 17.8. The lowest BCUT2D eigenvalue weighted by molar-refractivity contribution is -0.244. The second-order valence-electron chi connectivity index (χ2n) is 9.34. The van der Waals surface area contributed by atoms with Crippen molar-refractivity contribution in [3.05, 3.63) is 94.6 Å². The van der Waals surface area contributed by atoms with Gasteiger partial charge in [0.1, 0.15) is 0 Å². The minimum absolute atomic E-state index is 0.0497. The Balaban J connectivity index is 0.000000231. The van der Waals surface area contributed by atoms with Crippen LogP contribution in [0.1, 0.15) is 26.3 Å². The first kappa shape index (κ1) is 31.0. The summed E-state index contributed by atoms with van der Waals surface area (Å²) in [7, 11) is -13.2. The normalized spacial score (nSPS) is 20.5. The van der Waals surface area contributed by atoms with Crippen molar-refractivity contribution >= 4 is 30.9 Å². The molecule has 0 N–H and O–H groups in total. The van der Waals surface area contributed by atoms with E-state index in [1.807, 2.05) is 0 Å². The second-order valence-corrected chi connectivity index (χ2v) is 14.9. The standard InChI is InChI=1S/C22H23S.C3F6NO4S2/c1-22(2,3)18-14-16-21(17-15-18)23(19-10-6-4-7-11-19)20-12-8-5-9-13-20;4-1(5)2(6,7)15(11,12)10-16(13,14)3(1,8)9/h4-17H,1-3H3;/q+1;-1. The van der Waals surface area contributed by atoms with Crippen LogP contribution in [0.3, 0.4) is 0 Å². The van der Waals surface area contributed by atoms with Gasteiger partial charge in [0, 0.05) is 0 Å². The molecule has 14 heteroatoms. The molecule has 1 aliphatic rings. The molecule has 3 aromatic rings. The summed E-state index contributed by atoms with van der Waals surface area (Å²) in [5, 5.41) is -12.6. The maximum absolute atomic E-state index is 12.4. The van der Waals surface area contributed by atoms with E-state index in [0.717, 1.165) is 4.13 Å². The summed E-state index contributed by atoms with van der Waals surface area (Å²) in [6.45, 7) is 6.78. The van der Waals surface area contributed by atoms with Crippen LogP contribution in [-0.2, 0) is 36.4 Å². The highest BCUT2D eigenvalue weighted by atomic mass is 32.3. The molecule has 3 aromatic carbocycles. The quantitative estimate of drug-likeness (QED) is 0.238. The number of rotatable bonds is 3. The molecule has 1 fully saturated rings. The average molecular weight is 612 g/mol. The summed E-state index contributed by atoms with van der Waals surface area (Å²) in [5.41, 5.74) is 1.57. The van der Waals surface area contributed by atoms with Gasteiger partial charge in [-0.3, -0.25) is 0 Å². The topological polar surface area (TPSA) is 82.4 Å². The van der Waals surface area contributed by atoms with Gasteiger partial charge < -0.3 is 4.13 Å². The van der Waals surface area contributed by atoms with Gasteiger partial charge in [-0.15, -0.1) is 0 Å². The van der Waals surface area contributed by atoms with Gasteiger partial charge in [0.25, 0.3) is 0 Å². The molecule has 1 saturated heterocycles. The lowest BCUT2D eigenvalue weighted by Crippen LogP contribution is -2.64. The molecule has 5 nitrogen and oxygen atoms in total. The molecular formula is C25H23F6NO4S3. The van der Waals surface area contributed by atoms with E-state index in [4.69, 9.17) is 0 Å². The van der Waals surface area contributed by atoms with E-state index in [-0.39, 0.29) is 16.3 Å². The zero-order valence-electron chi connectivity index (χ0n) is 20.7. The number of alkyl halides is 6. The van der Waals surface area contributed by atoms with Gasteiger partial charge in [0.2, 0.25) is 0 Å². The summed E-state index contributed by atoms with van der Waals surface area (Å²) in [5.74, 6) is -6.60. The van der Waals surface area contributed by atoms with Crippen molar-refractivity contribution in [1.29, 1.82) is 0 Å². The molecule has 212 valence electrons. The Morgan fingerprint density at radius 3 is 1.26 bits per heavy atom. The smallest absolute Gasteiger partial charge is 0.399 e. The molecule has 0 radical (unpaired) electrons. The molecule has 1 heterocycles. The summed E-state index contributed by atoms with van der Waals surface area (Å²) in [6.07, 6.45) is 0. The largest absolute Gasteiger partial charge is 0.425 e. The molecule has 0 bridgehead atoms. The second kappa shape index (κ2) is 10.5. The Bertz CT molecular complexity index is 1420. The van der Waals surface area contributed by atoms with Crippen LogP contribution in [-0.4, -0.2) is 33.3 Å². The SMILES string of the molecule is CC(C)(C)c1ccc([S+](c2ccccc2)c2ccccc2)cc1.O=S1(=O)[N-]S(=O)(=O)C(F)(F)C(F)(F)C1(F)F. The monoisotopic (exact) mass is 611 g/mol. The van der Waals surface area contributed by atoms with Gasteiger partial charge in [-0.2, -0.15) is 26.3 Å². The van der Waals surface area contributed by atoms with Gasteiger partial charge in [-0.1, -0.05) is 69.3 Å². The maximum Gasteiger partial charge on any atom is 0.399 e. The summed E-state index contributed by atoms with van der Waals surface area (Å²) >= 11 is 0. The molecule has 39 heavy (non-hydrogen) atoms. The van der Waals surface area contributed by atoms with Crippen molar-refractivity contribution in [2.45, 2.75) is 57.3 Å². The van der Waals surface area contributed by atoms with Crippen molar-refractivity contribution in [3.63, 3.8) is 0 Å². The Hall–Kier alpha value is -2.55. The first-order valence-corrected chi connectivity index (χ1v) is 15.2. The third-order valence-corrected chi connectivity index (χ3v) is 11.1. The van der Waals surface area contributed by atoms with E-state index < -0.39 is 36.5 Å². The summed E-state index contributed by atoms with van der Waals surface area (Å²) in [4.78, 5) is 4.10. The number of nitrogens with zero attached hydrogens (tertiary/aromatic N) is 1. The Morgan fingerprint density at radius 2 is 0.923 bits per heavy atom. The van der Waals surface area contributed by atoms with E-state index in [2.05, 4.69) is 106 Å². The third kappa shape index (κ3) is 5.70. The van der Waals surface area contributed by atoms with Crippen LogP contribution in [0.25, 0.3) is 4.13 Å². The van der Waals surface area contributed by atoms with Crippen LogP contribution in [0.15, 0.2) is 99.6 Å². The molecule has 0 aliphatic carbocycles. The van der Waals surface area contributed by atoms with E-state index >= 15 is 0 Å². The van der Waals surface area contributed by atoms with Gasteiger partial charge in [0.15, 0.2) is 34.7 Å². The fourth-order valence-corrected chi connectivity index (χ4v) is 8.16. The fourth-order valence-electron chi connectivity index (χ4n) is 3.33. The number of halogens is 6. The highest BCUT2D eigenvalue weighted by Crippen LogP contribution is 2.57. The Morgan fingerprint density at radius 1 is 0.590 bits per heavy atom. The molecule has 1 aliphatic heterocycles. The fraction of sp³-hybridized carbons (Fsp3) is 0.280. The number of hydrogen-bond donors (Lipinski definition) is 0. The molecule has 0 atom stereocenters. The van der Waals surface area contributed by atoms with Crippen molar-refractivity contribution < 1.29 is 43.2 Å². The Kier molecular flexibility index (Phi) is 8.30. The number of benzene rings is 3. The minimum atomic E-state index is -6.60. The van der Waals surface area contributed by atoms with E-state index in [1.54, 1.807) is 0 Å². The highest BCUT2D eigenvalue weighted by molar-refractivity contribution is 8.13. The minimum Gasteiger partial charge on any atom is -0.425 e. The van der Waals surface area contributed by atoms with Gasteiger partial charge in [-0.25, -0.2) is 16.8 Å². The molecule has 4 rings (SSSR count). The van der Waals surface area contributed by atoms with Gasteiger partial charge in [-0.05, 0) is 47.4 Å². The summed E-state index contributed by atoms with van der Waals surface area (Å²) in [6, 6.07) is 30.7. The molecule has 0 saturated carbocycles. The lowest BCUT2D eigenvalue weighted by atomic mass is 9.87. The van der Waals surface area contributed by atoms with Crippen molar-refractivity contribution in [3.8, 4) is 0 Å². The van der Waals surface area contributed by atoms with Crippen LogP contribution in [0.4, 0.5) is 26.3 Å². The Labute approximate surface area is 225 Å². The molecule has 0 unspecified atom stereocenters. The molecule has 0 aromatic heterocycles. The van der Waals surface area contributed by atoms with Gasteiger partial charge in [0.05, 0.1) is 10.9 Å². The maximum atomic E-state index is 12.4. The van der Waals surface area contributed by atoms with E-state index in [9.17, 15) is 43.2 Å². The molecular weight excluding hydrogens is 588 g/mol. The highest BCUT2D eigenvalue weighted by Gasteiger charge is 2.81. The first-order valence-electron chi connectivity index (χ1n) is 11.1. The van der Waals surface area contributed by atoms with Crippen molar-refractivity contribution in [1.82, 2.24) is 0 Å². The average Bonchev–Trinajstić information content (AvgIpc) is 2.84. The van der Waals surface area contributed by atoms with Crippen molar-refractivity contribution in [2.24, 2.45) is 0 Å². The zero-order chi connectivity index (χ0) is 29.5. The van der Waals surface area contributed by atoms with E-state index in [1.165, 1.54) is 20.2 Å². The zero-order valence-corrected chi connectivity index (χ0v) is 23.1. The van der Waals surface area contributed by atoms with Crippen LogP contribution >= 0.6 is 0 Å². The molecule has 0 spiro atoms. The van der Waals surface area contributed by atoms with Crippen LogP contribution in [0, 0.1) is 0 Å².